The van der Waals surface area contributed by atoms with Crippen molar-refractivity contribution in [3.63, 3.8) is 0 Å². The summed E-state index contributed by atoms with van der Waals surface area (Å²) < 4.78 is 5.48. The number of imide groups is 1. The lowest BCUT2D eigenvalue weighted by Crippen LogP contribution is -2.38. The smallest absolute Gasteiger partial charge is 0.293 e. The molecular weight excluding hydrogens is 478 g/mol. The monoisotopic (exact) mass is 499 g/mol. The molecule has 2 aliphatic rings. The molecule has 4 amide bonds. The van der Waals surface area contributed by atoms with E-state index in [1.54, 1.807) is 59.5 Å². The van der Waals surface area contributed by atoms with Crippen molar-refractivity contribution < 1.29 is 23.9 Å². The third-order valence-electron chi connectivity index (χ3n) is 5.29. The zero-order valence-electron chi connectivity index (χ0n) is 18.2. The quantitative estimate of drug-likeness (QED) is 0.556. The molecule has 34 heavy (non-hydrogen) atoms. The van der Waals surface area contributed by atoms with E-state index >= 15 is 0 Å². The molecule has 10 heteroatoms. The molecule has 0 aromatic heterocycles. The van der Waals surface area contributed by atoms with Crippen LogP contribution in [0, 0.1) is 0 Å². The lowest BCUT2D eigenvalue weighted by atomic mass is 10.2. The van der Waals surface area contributed by atoms with Gasteiger partial charge in [0.1, 0.15) is 5.75 Å². The first-order chi connectivity index (χ1) is 16.4. The van der Waals surface area contributed by atoms with Gasteiger partial charge in [-0.3, -0.25) is 24.1 Å². The summed E-state index contributed by atoms with van der Waals surface area (Å²) in [5.74, 6) is -0.160. The van der Waals surface area contributed by atoms with Crippen LogP contribution >= 0.6 is 23.4 Å². The van der Waals surface area contributed by atoms with Crippen LogP contribution in [0.3, 0.4) is 0 Å². The molecule has 176 valence electrons. The van der Waals surface area contributed by atoms with Gasteiger partial charge in [-0.25, -0.2) is 0 Å². The molecule has 4 rings (SSSR count). The topological polar surface area (TPSA) is 96.0 Å². The van der Waals surface area contributed by atoms with Gasteiger partial charge in [0.15, 0.2) is 6.61 Å². The summed E-state index contributed by atoms with van der Waals surface area (Å²) in [4.78, 5) is 51.8. The van der Waals surface area contributed by atoms with Gasteiger partial charge in [-0.1, -0.05) is 23.7 Å². The predicted octanol–water partition coefficient (Wildman–Crippen LogP) is 3.70. The zero-order valence-corrected chi connectivity index (χ0v) is 19.7. The third-order valence-corrected chi connectivity index (χ3v) is 6.45. The van der Waals surface area contributed by atoms with Crippen LogP contribution in [0.5, 0.6) is 5.75 Å². The molecule has 2 heterocycles. The van der Waals surface area contributed by atoms with Crippen LogP contribution < -0.4 is 15.0 Å². The Kier molecular flexibility index (Phi) is 7.54. The molecule has 2 aliphatic heterocycles. The van der Waals surface area contributed by atoms with Crippen molar-refractivity contribution >= 4 is 58.1 Å². The highest BCUT2D eigenvalue weighted by atomic mass is 35.5. The zero-order chi connectivity index (χ0) is 24.1. The Morgan fingerprint density at radius 1 is 1.09 bits per heavy atom. The first kappa shape index (κ1) is 23.8. The number of halogens is 1. The largest absolute Gasteiger partial charge is 0.484 e. The fourth-order valence-electron chi connectivity index (χ4n) is 3.55. The van der Waals surface area contributed by atoms with Crippen LogP contribution in [0.15, 0.2) is 53.4 Å². The molecular formula is C24H22ClN3O5S. The fourth-order valence-corrected chi connectivity index (χ4v) is 4.54. The molecule has 0 bridgehead atoms. The highest BCUT2D eigenvalue weighted by Crippen LogP contribution is 2.32. The van der Waals surface area contributed by atoms with E-state index in [0.717, 1.165) is 34.3 Å². The van der Waals surface area contributed by atoms with E-state index in [9.17, 15) is 19.2 Å². The number of carbonyl (C=O) groups is 4. The second-order valence-electron chi connectivity index (χ2n) is 7.67. The van der Waals surface area contributed by atoms with E-state index in [-0.39, 0.29) is 36.7 Å². The molecule has 0 atom stereocenters. The van der Waals surface area contributed by atoms with E-state index in [1.165, 1.54) is 0 Å². The number of hydrogen-bond donors (Lipinski definition) is 1. The van der Waals surface area contributed by atoms with Gasteiger partial charge >= 0.3 is 0 Å². The Morgan fingerprint density at radius 3 is 2.50 bits per heavy atom. The van der Waals surface area contributed by atoms with Crippen LogP contribution in [0.1, 0.15) is 18.4 Å². The number of benzene rings is 2. The van der Waals surface area contributed by atoms with Gasteiger partial charge < -0.3 is 15.0 Å². The number of amides is 4. The molecule has 8 nitrogen and oxygen atoms in total. The molecule has 1 N–H and O–H groups in total. The van der Waals surface area contributed by atoms with E-state index in [2.05, 4.69) is 5.32 Å². The highest BCUT2D eigenvalue weighted by molar-refractivity contribution is 8.18. The molecule has 0 spiro atoms. The molecule has 2 fully saturated rings. The van der Waals surface area contributed by atoms with Crippen LogP contribution in [-0.2, 0) is 14.4 Å². The highest BCUT2D eigenvalue weighted by Gasteiger charge is 2.34. The minimum absolute atomic E-state index is 0.0624. The predicted molar refractivity (Wildman–Crippen MR) is 131 cm³/mol. The minimum Gasteiger partial charge on any atom is -0.484 e. The summed E-state index contributed by atoms with van der Waals surface area (Å²) in [5.41, 5.74) is 1.57. The average molecular weight is 500 g/mol. The number of hydrogen-bond acceptors (Lipinski definition) is 6. The minimum atomic E-state index is -0.396. The Labute approximate surface area is 205 Å². The maximum absolute atomic E-state index is 12.5. The molecule has 2 aromatic carbocycles. The van der Waals surface area contributed by atoms with Crippen molar-refractivity contribution in [2.75, 3.05) is 31.1 Å². The summed E-state index contributed by atoms with van der Waals surface area (Å²) in [5, 5.41) is 2.85. The number of ether oxygens (including phenoxy) is 1. The Morgan fingerprint density at radius 2 is 1.82 bits per heavy atom. The van der Waals surface area contributed by atoms with E-state index < -0.39 is 5.91 Å². The standard InChI is InChI=1S/C24H22ClN3O5S/c25-17-5-3-16(4-6-17)14-20-23(31)28(24(32)34-20)13-11-26-21(29)15-33-19-9-7-18(8-10-19)27-12-1-2-22(27)30/h3-10,14H,1-2,11-13,15H2,(H,26,29). The van der Waals surface area contributed by atoms with Crippen molar-refractivity contribution in [1.82, 2.24) is 10.2 Å². The molecule has 2 aromatic rings. The van der Waals surface area contributed by atoms with Crippen molar-refractivity contribution in [2.24, 2.45) is 0 Å². The van der Waals surface area contributed by atoms with Crippen molar-refractivity contribution in [3.8, 4) is 5.75 Å². The first-order valence-corrected chi connectivity index (χ1v) is 11.9. The summed E-state index contributed by atoms with van der Waals surface area (Å²) in [6, 6.07) is 13.9. The summed E-state index contributed by atoms with van der Waals surface area (Å²) in [7, 11) is 0. The van der Waals surface area contributed by atoms with Crippen molar-refractivity contribution in [3.05, 3.63) is 64.0 Å². The lowest BCUT2D eigenvalue weighted by Gasteiger charge is -2.16. The van der Waals surface area contributed by atoms with Gasteiger partial charge in [-0.15, -0.1) is 0 Å². The van der Waals surface area contributed by atoms with Gasteiger partial charge in [0.2, 0.25) is 5.91 Å². The number of rotatable bonds is 8. The molecule has 0 saturated carbocycles. The van der Waals surface area contributed by atoms with Crippen LogP contribution in [-0.4, -0.2) is 54.1 Å². The normalized spacial score (nSPS) is 17.1. The number of nitrogens with one attached hydrogen (secondary N) is 1. The molecule has 0 aliphatic carbocycles. The summed E-state index contributed by atoms with van der Waals surface area (Å²) in [6.45, 7) is 0.679. The number of carbonyl (C=O) groups excluding carboxylic acids is 4. The Bertz CT molecular complexity index is 1130. The molecule has 2 saturated heterocycles. The number of anilines is 1. The number of thioether (sulfide) groups is 1. The third kappa shape index (κ3) is 5.78. The SMILES string of the molecule is O=C(COc1ccc(N2CCCC2=O)cc1)NCCN1C(=O)SC(=Cc2ccc(Cl)cc2)C1=O. The van der Waals surface area contributed by atoms with Crippen LogP contribution in [0.25, 0.3) is 6.08 Å². The fraction of sp³-hybridized carbons (Fsp3) is 0.250. The van der Waals surface area contributed by atoms with E-state index in [0.29, 0.717) is 28.6 Å². The van der Waals surface area contributed by atoms with Crippen LogP contribution in [0.2, 0.25) is 5.02 Å². The van der Waals surface area contributed by atoms with Gasteiger partial charge in [0, 0.05) is 36.8 Å². The molecule has 0 radical (unpaired) electrons. The number of nitrogens with zero attached hydrogens (tertiary/aromatic N) is 2. The van der Waals surface area contributed by atoms with E-state index in [1.807, 2.05) is 0 Å². The van der Waals surface area contributed by atoms with Gasteiger partial charge in [0.25, 0.3) is 17.1 Å². The summed E-state index contributed by atoms with van der Waals surface area (Å²) in [6.07, 6.45) is 3.05. The van der Waals surface area contributed by atoms with Gasteiger partial charge in [-0.2, -0.15) is 0 Å². The Balaban J connectivity index is 1.21. The van der Waals surface area contributed by atoms with Gasteiger partial charge in [-0.05, 0) is 66.2 Å². The average Bonchev–Trinajstić information content (AvgIpc) is 3.37. The maximum atomic E-state index is 12.5. The first-order valence-electron chi connectivity index (χ1n) is 10.7. The second kappa shape index (κ2) is 10.8. The van der Waals surface area contributed by atoms with Crippen LogP contribution in [0.4, 0.5) is 10.5 Å². The van der Waals surface area contributed by atoms with Crippen molar-refractivity contribution in [2.45, 2.75) is 12.8 Å². The summed E-state index contributed by atoms with van der Waals surface area (Å²) >= 11 is 6.73. The van der Waals surface area contributed by atoms with Crippen molar-refractivity contribution in [1.29, 1.82) is 0 Å². The van der Waals surface area contributed by atoms with E-state index in [4.69, 9.17) is 16.3 Å². The van der Waals surface area contributed by atoms with Gasteiger partial charge in [0.05, 0.1) is 4.91 Å². The Hall–Kier alpha value is -3.30. The second-order valence-corrected chi connectivity index (χ2v) is 9.10. The lowest BCUT2D eigenvalue weighted by molar-refractivity contribution is -0.125. The maximum Gasteiger partial charge on any atom is 0.293 e. The molecule has 0 unspecified atom stereocenters.